The standard InChI is InChI=1S/C16H16F4N2O2/c1-8-9(3-2-4-11(8)17)14(23)21-13-7-22(6-12(13)18)15(24)10-5-16(10,19)20/h2-4,10,12-13H,5-7H2,1H3,(H,21,23)/t10?,12-,13+/m0/s1. The summed E-state index contributed by atoms with van der Waals surface area (Å²) in [5.74, 6) is -6.40. The van der Waals surface area contributed by atoms with Crippen LogP contribution >= 0.6 is 0 Å². The minimum absolute atomic E-state index is 0.0701. The molecule has 2 amide bonds. The molecule has 1 aliphatic carbocycles. The van der Waals surface area contributed by atoms with Gasteiger partial charge in [-0.15, -0.1) is 0 Å². The highest BCUT2D eigenvalue weighted by Crippen LogP contribution is 2.49. The van der Waals surface area contributed by atoms with Gasteiger partial charge >= 0.3 is 0 Å². The zero-order valence-corrected chi connectivity index (χ0v) is 12.9. The summed E-state index contributed by atoms with van der Waals surface area (Å²) >= 11 is 0. The third kappa shape index (κ3) is 2.97. The number of likely N-dealkylation sites (tertiary alicyclic amines) is 1. The van der Waals surface area contributed by atoms with Crippen LogP contribution in [0.1, 0.15) is 22.3 Å². The number of amides is 2. The average molecular weight is 344 g/mol. The van der Waals surface area contributed by atoms with Gasteiger partial charge in [-0.2, -0.15) is 0 Å². The Kier molecular flexibility index (Phi) is 4.01. The number of alkyl halides is 3. The van der Waals surface area contributed by atoms with E-state index in [-0.39, 0.29) is 24.2 Å². The molecule has 8 heteroatoms. The molecule has 4 nitrogen and oxygen atoms in total. The second kappa shape index (κ2) is 5.75. The van der Waals surface area contributed by atoms with Crippen LogP contribution in [-0.4, -0.2) is 47.9 Å². The Morgan fingerprint density at radius 3 is 2.58 bits per heavy atom. The van der Waals surface area contributed by atoms with Crippen molar-refractivity contribution >= 4 is 11.8 Å². The van der Waals surface area contributed by atoms with Gasteiger partial charge in [-0.25, -0.2) is 17.6 Å². The second-order valence-corrected chi connectivity index (χ2v) is 6.27. The summed E-state index contributed by atoms with van der Waals surface area (Å²) in [6, 6.07) is 2.97. The first-order chi connectivity index (χ1) is 11.2. The lowest BCUT2D eigenvalue weighted by Crippen LogP contribution is -2.42. The summed E-state index contributed by atoms with van der Waals surface area (Å²) in [6.07, 6.45) is -2.07. The van der Waals surface area contributed by atoms with Crippen molar-refractivity contribution in [3.63, 3.8) is 0 Å². The van der Waals surface area contributed by atoms with Crippen LogP contribution in [-0.2, 0) is 4.79 Å². The van der Waals surface area contributed by atoms with E-state index in [1.807, 2.05) is 0 Å². The van der Waals surface area contributed by atoms with E-state index in [4.69, 9.17) is 0 Å². The Bertz CT molecular complexity index is 695. The molecule has 0 radical (unpaired) electrons. The molecule has 0 aromatic heterocycles. The largest absolute Gasteiger partial charge is 0.344 e. The smallest absolute Gasteiger partial charge is 0.260 e. The lowest BCUT2D eigenvalue weighted by molar-refractivity contribution is -0.134. The quantitative estimate of drug-likeness (QED) is 0.854. The molecule has 1 N–H and O–H groups in total. The Labute approximate surface area is 135 Å². The van der Waals surface area contributed by atoms with E-state index in [0.717, 1.165) is 4.90 Å². The van der Waals surface area contributed by atoms with Crippen LogP contribution in [0.15, 0.2) is 18.2 Å². The number of hydrogen-bond donors (Lipinski definition) is 1. The first-order valence-corrected chi connectivity index (χ1v) is 7.57. The molecular formula is C16H16F4N2O2. The van der Waals surface area contributed by atoms with Gasteiger partial charge in [-0.05, 0) is 24.6 Å². The van der Waals surface area contributed by atoms with Crippen molar-refractivity contribution in [2.45, 2.75) is 31.5 Å². The van der Waals surface area contributed by atoms with Gasteiger partial charge in [0, 0.05) is 18.5 Å². The van der Waals surface area contributed by atoms with Crippen molar-refractivity contribution in [1.29, 1.82) is 0 Å². The summed E-state index contributed by atoms with van der Waals surface area (Å²) in [5.41, 5.74) is 0.203. The lowest BCUT2D eigenvalue weighted by atomic mass is 10.1. The van der Waals surface area contributed by atoms with Crippen molar-refractivity contribution in [3.8, 4) is 0 Å². The molecule has 1 heterocycles. The average Bonchev–Trinajstić information content (AvgIpc) is 3.00. The number of hydrogen-bond acceptors (Lipinski definition) is 2. The van der Waals surface area contributed by atoms with Gasteiger partial charge in [-0.3, -0.25) is 9.59 Å². The van der Waals surface area contributed by atoms with Crippen molar-refractivity contribution in [2.75, 3.05) is 13.1 Å². The molecule has 1 aromatic rings. The third-order valence-electron chi connectivity index (χ3n) is 4.51. The first kappa shape index (κ1) is 16.7. The summed E-state index contributed by atoms with van der Waals surface area (Å²) in [4.78, 5) is 25.1. The SMILES string of the molecule is Cc1c(F)cccc1C(=O)N[C@@H]1CN(C(=O)C2CC2(F)F)C[C@@H]1F. The molecule has 2 aliphatic rings. The fourth-order valence-electron chi connectivity index (χ4n) is 2.88. The number of nitrogens with zero attached hydrogens (tertiary/aromatic N) is 1. The topological polar surface area (TPSA) is 49.4 Å². The third-order valence-corrected chi connectivity index (χ3v) is 4.51. The lowest BCUT2D eigenvalue weighted by Gasteiger charge is -2.17. The summed E-state index contributed by atoms with van der Waals surface area (Å²) in [5, 5.41) is 2.42. The van der Waals surface area contributed by atoms with E-state index in [9.17, 15) is 27.2 Å². The molecule has 0 spiro atoms. The fourth-order valence-corrected chi connectivity index (χ4v) is 2.88. The van der Waals surface area contributed by atoms with E-state index in [0.29, 0.717) is 0 Å². The molecule has 2 fully saturated rings. The van der Waals surface area contributed by atoms with E-state index < -0.39 is 48.1 Å². The fraction of sp³-hybridized carbons (Fsp3) is 0.500. The molecule has 24 heavy (non-hydrogen) atoms. The van der Waals surface area contributed by atoms with E-state index in [2.05, 4.69) is 5.32 Å². The highest BCUT2D eigenvalue weighted by atomic mass is 19.3. The predicted octanol–water partition coefficient (Wildman–Crippen LogP) is 2.07. The zero-order valence-electron chi connectivity index (χ0n) is 12.9. The molecule has 1 aromatic carbocycles. The Morgan fingerprint density at radius 1 is 1.29 bits per heavy atom. The number of carbonyl (C=O) groups is 2. The van der Waals surface area contributed by atoms with Crippen molar-refractivity contribution < 1.29 is 27.2 Å². The molecule has 3 rings (SSSR count). The number of halogens is 4. The van der Waals surface area contributed by atoms with Gasteiger partial charge in [-0.1, -0.05) is 6.07 Å². The molecule has 3 atom stereocenters. The van der Waals surface area contributed by atoms with Gasteiger partial charge in [0.15, 0.2) is 0 Å². The molecule has 0 bridgehead atoms. The van der Waals surface area contributed by atoms with Gasteiger partial charge in [0.2, 0.25) is 5.91 Å². The predicted molar refractivity (Wildman–Crippen MR) is 76.9 cm³/mol. The monoisotopic (exact) mass is 344 g/mol. The molecule has 1 saturated carbocycles. The maximum atomic E-state index is 14.1. The van der Waals surface area contributed by atoms with Crippen LogP contribution in [0.25, 0.3) is 0 Å². The molecule has 1 aliphatic heterocycles. The Hall–Kier alpha value is -2.12. The zero-order chi connectivity index (χ0) is 17.6. The number of rotatable bonds is 3. The summed E-state index contributed by atoms with van der Waals surface area (Å²) in [6.45, 7) is 0.919. The van der Waals surface area contributed by atoms with Crippen molar-refractivity contribution in [3.05, 3.63) is 35.1 Å². The van der Waals surface area contributed by atoms with Crippen LogP contribution in [0.4, 0.5) is 17.6 Å². The van der Waals surface area contributed by atoms with Crippen molar-refractivity contribution in [1.82, 2.24) is 10.2 Å². The van der Waals surface area contributed by atoms with Crippen molar-refractivity contribution in [2.24, 2.45) is 5.92 Å². The molecule has 1 unspecified atom stereocenters. The van der Waals surface area contributed by atoms with Crippen LogP contribution in [0.2, 0.25) is 0 Å². The van der Waals surface area contributed by atoms with Gasteiger partial charge in [0.05, 0.1) is 12.6 Å². The molecule has 1 saturated heterocycles. The van der Waals surface area contributed by atoms with Crippen LogP contribution in [0.5, 0.6) is 0 Å². The number of carbonyl (C=O) groups excluding carboxylic acids is 2. The molecular weight excluding hydrogens is 328 g/mol. The van der Waals surface area contributed by atoms with E-state index in [1.165, 1.54) is 25.1 Å². The minimum atomic E-state index is -3.01. The second-order valence-electron chi connectivity index (χ2n) is 6.27. The maximum absolute atomic E-state index is 14.1. The van der Waals surface area contributed by atoms with Crippen LogP contribution in [0, 0.1) is 18.7 Å². The van der Waals surface area contributed by atoms with E-state index >= 15 is 0 Å². The number of benzene rings is 1. The number of nitrogens with one attached hydrogen (secondary N) is 1. The Balaban J connectivity index is 1.65. The highest BCUT2D eigenvalue weighted by molar-refractivity contribution is 5.96. The maximum Gasteiger partial charge on any atom is 0.260 e. The first-order valence-electron chi connectivity index (χ1n) is 7.57. The highest BCUT2D eigenvalue weighted by Gasteiger charge is 2.62. The molecule has 130 valence electrons. The van der Waals surface area contributed by atoms with Gasteiger partial charge in [0.1, 0.15) is 17.9 Å². The summed E-state index contributed by atoms with van der Waals surface area (Å²) < 4.78 is 53.5. The van der Waals surface area contributed by atoms with E-state index in [1.54, 1.807) is 0 Å². The van der Waals surface area contributed by atoms with Gasteiger partial charge in [0.25, 0.3) is 11.8 Å². The normalized spacial score (nSPS) is 27.9. The van der Waals surface area contributed by atoms with Gasteiger partial charge < -0.3 is 10.2 Å². The Morgan fingerprint density at radius 2 is 1.96 bits per heavy atom. The minimum Gasteiger partial charge on any atom is -0.344 e. The van der Waals surface area contributed by atoms with Crippen LogP contribution < -0.4 is 5.32 Å². The summed E-state index contributed by atoms with van der Waals surface area (Å²) in [7, 11) is 0. The van der Waals surface area contributed by atoms with Crippen LogP contribution in [0.3, 0.4) is 0 Å².